The molecular formula is C16H21NO6S2. The highest BCUT2D eigenvalue weighted by Gasteiger charge is 2.54. The Labute approximate surface area is 153 Å². The Hall–Kier alpha value is -1.61. The molecule has 2 aliphatic heterocycles. The number of nitrogens with zero attached hydrogens (tertiary/aromatic N) is 1. The number of ether oxygens (including phenoxy) is 2. The Morgan fingerprint density at radius 3 is 2.48 bits per heavy atom. The monoisotopic (exact) mass is 387 g/mol. The van der Waals surface area contributed by atoms with Crippen molar-refractivity contribution in [2.24, 2.45) is 4.99 Å². The molecule has 0 unspecified atom stereocenters. The molecule has 0 aromatic carbocycles. The van der Waals surface area contributed by atoms with Crippen LogP contribution in [-0.4, -0.2) is 49.5 Å². The third-order valence-electron chi connectivity index (χ3n) is 3.96. The fourth-order valence-electron chi connectivity index (χ4n) is 2.54. The quantitative estimate of drug-likeness (QED) is 0.587. The van der Waals surface area contributed by atoms with Gasteiger partial charge in [0.1, 0.15) is 16.4 Å². The summed E-state index contributed by atoms with van der Waals surface area (Å²) in [5, 5.41) is 10.7. The van der Waals surface area contributed by atoms with Gasteiger partial charge in [-0.15, -0.1) is 0 Å². The number of carbonyl (C=O) groups is 2. The van der Waals surface area contributed by atoms with Gasteiger partial charge >= 0.3 is 12.1 Å². The summed E-state index contributed by atoms with van der Waals surface area (Å²) in [5.74, 6) is -0.858. The molecule has 0 saturated heterocycles. The Bertz CT molecular complexity index is 724. The van der Waals surface area contributed by atoms with Crippen molar-refractivity contribution in [2.75, 3.05) is 19.0 Å². The van der Waals surface area contributed by atoms with Gasteiger partial charge in [-0.3, -0.25) is 4.21 Å². The zero-order chi connectivity index (χ0) is 18.8. The van der Waals surface area contributed by atoms with Gasteiger partial charge in [-0.05, 0) is 27.7 Å². The van der Waals surface area contributed by atoms with Crippen molar-refractivity contribution in [1.82, 2.24) is 0 Å². The average Bonchev–Trinajstić information content (AvgIpc) is 2.79. The molecule has 9 heteroatoms. The topological polar surface area (TPSA) is 102 Å². The summed E-state index contributed by atoms with van der Waals surface area (Å²) in [6.45, 7) is 7.27. The Balaban J connectivity index is 2.54. The summed E-state index contributed by atoms with van der Waals surface area (Å²) in [7, 11) is -1.48. The minimum Gasteiger partial charge on any atom is -0.509 e. The van der Waals surface area contributed by atoms with Crippen LogP contribution < -0.4 is 0 Å². The molecule has 2 rings (SSSR count). The second-order valence-electron chi connectivity index (χ2n) is 5.64. The van der Waals surface area contributed by atoms with E-state index >= 15 is 0 Å². The first kappa shape index (κ1) is 19.7. The number of rotatable bonds is 3. The number of amides is 1. The lowest BCUT2D eigenvalue weighted by Gasteiger charge is -2.32. The molecule has 1 amide bonds. The van der Waals surface area contributed by atoms with Gasteiger partial charge in [0.05, 0.1) is 24.0 Å². The van der Waals surface area contributed by atoms with E-state index in [9.17, 15) is 18.9 Å². The lowest BCUT2D eigenvalue weighted by atomic mass is 10.0. The zero-order valence-electron chi connectivity index (χ0n) is 14.6. The van der Waals surface area contributed by atoms with Gasteiger partial charge in [0.15, 0.2) is 4.08 Å². The summed E-state index contributed by atoms with van der Waals surface area (Å²) < 4.78 is 21.3. The van der Waals surface area contributed by atoms with Gasteiger partial charge < -0.3 is 14.6 Å². The summed E-state index contributed by atoms with van der Waals surface area (Å²) in [6, 6.07) is 0. The van der Waals surface area contributed by atoms with Crippen molar-refractivity contribution >= 4 is 39.7 Å². The molecule has 1 N–H and O–H groups in total. The van der Waals surface area contributed by atoms with E-state index in [1.807, 2.05) is 13.8 Å². The van der Waals surface area contributed by atoms with E-state index in [-0.39, 0.29) is 35.3 Å². The predicted molar refractivity (Wildman–Crippen MR) is 97.1 cm³/mol. The molecule has 0 fully saturated rings. The number of hydrogen-bond donors (Lipinski definition) is 1. The SMILES string of the molecule is CCOC(=O)N=C1S[C@@]2(CC(C)=C(C)C[S@]2=O)C(O)=C1C(=O)OCC. The van der Waals surface area contributed by atoms with E-state index in [1.54, 1.807) is 13.8 Å². The lowest BCUT2D eigenvalue weighted by Crippen LogP contribution is -2.37. The molecule has 0 saturated carbocycles. The van der Waals surface area contributed by atoms with Crippen LogP contribution in [0.15, 0.2) is 27.5 Å². The molecular weight excluding hydrogens is 366 g/mol. The summed E-state index contributed by atoms with van der Waals surface area (Å²) in [5.41, 5.74) is 1.77. The van der Waals surface area contributed by atoms with Crippen molar-refractivity contribution < 1.29 is 28.4 Å². The Kier molecular flexibility index (Phi) is 6.10. The van der Waals surface area contributed by atoms with Crippen LogP contribution in [0, 0.1) is 0 Å². The Morgan fingerprint density at radius 1 is 1.24 bits per heavy atom. The van der Waals surface area contributed by atoms with E-state index in [0.717, 1.165) is 22.9 Å². The van der Waals surface area contributed by atoms with Crippen LogP contribution in [0.3, 0.4) is 0 Å². The van der Waals surface area contributed by atoms with Gasteiger partial charge in [-0.1, -0.05) is 22.9 Å². The standard InChI is InChI=1S/C16H21NO6S2/c1-5-22-14(19)11-12(18)16(7-9(3)10(4)8-25(16)21)24-13(11)17-15(20)23-6-2/h18H,5-8H2,1-4H3/t16-,25-/m1/s1. The Morgan fingerprint density at radius 2 is 1.88 bits per heavy atom. The summed E-state index contributed by atoms with van der Waals surface area (Å²) in [6.07, 6.45) is -0.575. The number of carbonyl (C=O) groups excluding carboxylic acids is 2. The fourth-order valence-corrected chi connectivity index (χ4v) is 6.10. The van der Waals surface area contributed by atoms with Crippen molar-refractivity contribution in [3.63, 3.8) is 0 Å². The molecule has 0 aromatic rings. The number of aliphatic hydroxyl groups is 1. The van der Waals surface area contributed by atoms with Crippen LogP contribution >= 0.6 is 11.8 Å². The molecule has 0 bridgehead atoms. The highest BCUT2D eigenvalue weighted by molar-refractivity contribution is 8.24. The fraction of sp³-hybridized carbons (Fsp3) is 0.562. The molecule has 138 valence electrons. The van der Waals surface area contributed by atoms with E-state index in [4.69, 9.17) is 9.47 Å². The van der Waals surface area contributed by atoms with Crippen LogP contribution in [0.4, 0.5) is 4.79 Å². The number of aliphatic imine (C=N–C) groups is 1. The average molecular weight is 387 g/mol. The van der Waals surface area contributed by atoms with Crippen LogP contribution in [0.5, 0.6) is 0 Å². The first-order valence-electron chi connectivity index (χ1n) is 7.86. The van der Waals surface area contributed by atoms with E-state index in [0.29, 0.717) is 6.42 Å². The largest absolute Gasteiger partial charge is 0.509 e. The number of aliphatic hydroxyl groups excluding tert-OH is 1. The first-order valence-corrected chi connectivity index (χ1v) is 9.99. The number of esters is 1. The van der Waals surface area contributed by atoms with Gasteiger partial charge in [0, 0.05) is 12.2 Å². The van der Waals surface area contributed by atoms with Crippen molar-refractivity contribution in [3.8, 4) is 0 Å². The van der Waals surface area contributed by atoms with Gasteiger partial charge in [-0.2, -0.15) is 4.99 Å². The lowest BCUT2D eigenvalue weighted by molar-refractivity contribution is -0.138. The zero-order valence-corrected chi connectivity index (χ0v) is 16.2. The van der Waals surface area contributed by atoms with Crippen LogP contribution in [0.2, 0.25) is 0 Å². The second-order valence-corrected chi connectivity index (χ2v) is 8.87. The molecule has 1 spiro atoms. The molecule has 2 heterocycles. The molecule has 2 aliphatic rings. The van der Waals surface area contributed by atoms with Gasteiger partial charge in [0.25, 0.3) is 0 Å². The van der Waals surface area contributed by atoms with Crippen LogP contribution in [0.25, 0.3) is 0 Å². The maximum absolute atomic E-state index is 12.8. The maximum atomic E-state index is 12.8. The normalized spacial score (nSPS) is 28.0. The number of thioether (sulfide) groups is 1. The van der Waals surface area contributed by atoms with Crippen molar-refractivity contribution in [1.29, 1.82) is 0 Å². The van der Waals surface area contributed by atoms with E-state index < -0.39 is 26.9 Å². The first-order chi connectivity index (χ1) is 11.8. The van der Waals surface area contributed by atoms with Crippen LogP contribution in [-0.2, 0) is 25.1 Å². The van der Waals surface area contributed by atoms with Crippen LogP contribution in [0.1, 0.15) is 34.1 Å². The summed E-state index contributed by atoms with van der Waals surface area (Å²) in [4.78, 5) is 27.8. The number of hydrogen-bond acceptors (Lipinski definition) is 7. The third kappa shape index (κ3) is 3.67. The smallest absolute Gasteiger partial charge is 0.434 e. The van der Waals surface area contributed by atoms with Gasteiger partial charge in [0.2, 0.25) is 0 Å². The molecule has 7 nitrogen and oxygen atoms in total. The molecule has 0 radical (unpaired) electrons. The highest BCUT2D eigenvalue weighted by Crippen LogP contribution is 2.52. The number of allylic oxidation sites excluding steroid dienone is 1. The minimum absolute atomic E-state index is 0.0184. The predicted octanol–water partition coefficient (Wildman–Crippen LogP) is 2.85. The van der Waals surface area contributed by atoms with E-state index in [2.05, 4.69) is 4.99 Å². The van der Waals surface area contributed by atoms with Gasteiger partial charge in [-0.25, -0.2) is 9.59 Å². The van der Waals surface area contributed by atoms with Crippen molar-refractivity contribution in [3.05, 3.63) is 22.5 Å². The third-order valence-corrected chi connectivity index (χ3v) is 7.69. The maximum Gasteiger partial charge on any atom is 0.434 e. The van der Waals surface area contributed by atoms with E-state index in [1.165, 1.54) is 0 Å². The molecule has 2 atom stereocenters. The molecule has 0 aliphatic carbocycles. The summed E-state index contributed by atoms with van der Waals surface area (Å²) >= 11 is 0.962. The highest BCUT2D eigenvalue weighted by atomic mass is 32.2. The molecule has 0 aromatic heterocycles. The van der Waals surface area contributed by atoms with Crippen molar-refractivity contribution in [2.45, 2.75) is 38.2 Å². The molecule has 25 heavy (non-hydrogen) atoms. The minimum atomic E-state index is -1.48. The second kappa shape index (κ2) is 7.74.